The van der Waals surface area contributed by atoms with Crippen molar-refractivity contribution in [2.45, 2.75) is 65.2 Å². The van der Waals surface area contributed by atoms with Crippen LogP contribution in [0.15, 0.2) is 12.3 Å². The van der Waals surface area contributed by atoms with Gasteiger partial charge in [0.25, 0.3) is 0 Å². The van der Waals surface area contributed by atoms with Gasteiger partial charge in [0, 0.05) is 57.2 Å². The molecule has 0 atom stereocenters. The summed E-state index contributed by atoms with van der Waals surface area (Å²) >= 11 is 0. The van der Waals surface area contributed by atoms with Gasteiger partial charge in [-0.1, -0.05) is 26.7 Å². The van der Waals surface area contributed by atoms with Gasteiger partial charge in [0.2, 0.25) is 0 Å². The van der Waals surface area contributed by atoms with Crippen molar-refractivity contribution in [1.29, 1.82) is 0 Å². The zero-order valence-corrected chi connectivity index (χ0v) is 18.9. The van der Waals surface area contributed by atoms with Crippen molar-refractivity contribution in [1.82, 2.24) is 9.88 Å². The van der Waals surface area contributed by atoms with Crippen molar-refractivity contribution in [2.75, 3.05) is 44.2 Å². The van der Waals surface area contributed by atoms with E-state index in [0.29, 0.717) is 17.6 Å². The number of nitrogens with zero attached hydrogens (tertiary/aromatic N) is 3. The van der Waals surface area contributed by atoms with Crippen molar-refractivity contribution in [3.8, 4) is 5.75 Å². The van der Waals surface area contributed by atoms with Crippen molar-refractivity contribution < 1.29 is 9.53 Å². The van der Waals surface area contributed by atoms with Crippen molar-refractivity contribution in [2.24, 2.45) is 17.8 Å². The number of hydrogen-bond donors (Lipinski definition) is 0. The van der Waals surface area contributed by atoms with E-state index >= 15 is 0 Å². The highest BCUT2D eigenvalue weighted by Crippen LogP contribution is 2.34. The molecule has 1 aromatic rings. The van der Waals surface area contributed by atoms with E-state index in [9.17, 15) is 4.79 Å². The van der Waals surface area contributed by atoms with Crippen LogP contribution in [0.4, 0.5) is 5.82 Å². The molecule has 0 bridgehead atoms. The highest BCUT2D eigenvalue weighted by molar-refractivity contribution is 5.78. The summed E-state index contributed by atoms with van der Waals surface area (Å²) in [6.45, 7) is 10.7. The standard InChI is InChI=1S/C25H39N3O2/c1-19(2)17-22(29)18-21-5-3-20(4-6-21)8-11-27-12-14-28(15-13-27)25-23-9-16-30-24(23)7-10-26-25/h7,10,19-21H,3-6,8-9,11-18H2,1-2H3. The highest BCUT2D eigenvalue weighted by atomic mass is 16.5. The van der Waals surface area contributed by atoms with Crippen LogP contribution in [0.25, 0.3) is 0 Å². The number of hydrogen-bond acceptors (Lipinski definition) is 5. The SMILES string of the molecule is CC(C)CC(=O)CC1CCC(CCN2CCN(c3nccc4c3CCO4)CC2)CC1. The maximum absolute atomic E-state index is 12.1. The van der Waals surface area contributed by atoms with E-state index in [1.165, 1.54) is 44.2 Å². The molecule has 5 heteroatoms. The summed E-state index contributed by atoms with van der Waals surface area (Å²) in [6, 6.07) is 2.00. The quantitative estimate of drug-likeness (QED) is 0.634. The molecule has 1 aliphatic carbocycles. The number of ketones is 1. The van der Waals surface area contributed by atoms with Crippen molar-refractivity contribution in [3.63, 3.8) is 0 Å². The molecule has 1 saturated carbocycles. The molecule has 1 aromatic heterocycles. The summed E-state index contributed by atoms with van der Waals surface area (Å²) in [5.41, 5.74) is 1.30. The number of carbonyl (C=O) groups is 1. The summed E-state index contributed by atoms with van der Waals surface area (Å²) in [5, 5.41) is 0. The zero-order chi connectivity index (χ0) is 20.9. The Bertz CT molecular complexity index is 704. The average Bonchev–Trinajstić information content (AvgIpc) is 3.22. The van der Waals surface area contributed by atoms with Crippen LogP contribution in [0.2, 0.25) is 0 Å². The lowest BCUT2D eigenvalue weighted by molar-refractivity contribution is -0.120. The van der Waals surface area contributed by atoms with E-state index in [-0.39, 0.29) is 0 Å². The lowest BCUT2D eigenvalue weighted by Crippen LogP contribution is -2.47. The Balaban J connectivity index is 1.15. The zero-order valence-electron chi connectivity index (χ0n) is 18.9. The molecule has 166 valence electrons. The van der Waals surface area contributed by atoms with Gasteiger partial charge in [-0.25, -0.2) is 4.98 Å². The number of piperazine rings is 1. The molecule has 0 amide bonds. The molecule has 0 unspecified atom stereocenters. The van der Waals surface area contributed by atoms with E-state index in [1.54, 1.807) is 0 Å². The predicted molar refractivity (Wildman–Crippen MR) is 121 cm³/mol. The Morgan fingerprint density at radius 2 is 1.87 bits per heavy atom. The third-order valence-electron chi connectivity index (χ3n) is 7.24. The average molecular weight is 414 g/mol. The summed E-state index contributed by atoms with van der Waals surface area (Å²) in [6.07, 6.45) is 10.9. The van der Waals surface area contributed by atoms with Crippen LogP contribution >= 0.6 is 0 Å². The normalized spacial score (nSPS) is 24.7. The van der Waals surface area contributed by atoms with E-state index in [2.05, 4.69) is 28.6 Å². The largest absolute Gasteiger partial charge is 0.493 e. The van der Waals surface area contributed by atoms with Crippen LogP contribution in [0.5, 0.6) is 5.75 Å². The van der Waals surface area contributed by atoms with Crippen LogP contribution < -0.4 is 9.64 Å². The van der Waals surface area contributed by atoms with Crippen LogP contribution in [-0.2, 0) is 11.2 Å². The molecule has 0 N–H and O–H groups in total. The van der Waals surface area contributed by atoms with E-state index in [1.807, 2.05) is 12.3 Å². The van der Waals surface area contributed by atoms with Crippen molar-refractivity contribution >= 4 is 11.6 Å². The van der Waals surface area contributed by atoms with Crippen molar-refractivity contribution in [3.05, 3.63) is 17.8 Å². The van der Waals surface area contributed by atoms with Crippen LogP contribution in [0.1, 0.15) is 64.4 Å². The first-order valence-corrected chi connectivity index (χ1v) is 12.2. The molecular formula is C25H39N3O2. The fourth-order valence-electron chi connectivity index (χ4n) is 5.50. The first kappa shape index (κ1) is 21.6. The maximum Gasteiger partial charge on any atom is 0.135 e. The second kappa shape index (κ2) is 10.1. The molecule has 0 radical (unpaired) electrons. The van der Waals surface area contributed by atoms with Gasteiger partial charge in [-0.05, 0) is 49.6 Å². The minimum Gasteiger partial charge on any atom is -0.493 e. The van der Waals surface area contributed by atoms with Gasteiger partial charge < -0.3 is 9.64 Å². The molecule has 0 spiro atoms. The Hall–Kier alpha value is -1.62. The number of anilines is 1. The summed E-state index contributed by atoms with van der Waals surface area (Å²) in [5.74, 6) is 4.67. The van der Waals surface area contributed by atoms with Crippen LogP contribution in [-0.4, -0.2) is 55.0 Å². The Morgan fingerprint density at radius 3 is 2.60 bits per heavy atom. The number of aromatic nitrogens is 1. The molecule has 3 heterocycles. The fourth-order valence-corrected chi connectivity index (χ4v) is 5.50. The molecule has 2 aliphatic heterocycles. The molecule has 3 aliphatic rings. The highest BCUT2D eigenvalue weighted by Gasteiger charge is 2.26. The second-order valence-electron chi connectivity index (χ2n) is 10.1. The van der Waals surface area contributed by atoms with Gasteiger partial charge in [0.05, 0.1) is 6.61 Å². The third-order valence-corrected chi connectivity index (χ3v) is 7.24. The molecule has 2 fully saturated rings. The Kier molecular flexibility index (Phi) is 7.29. The Morgan fingerprint density at radius 1 is 1.13 bits per heavy atom. The van der Waals surface area contributed by atoms with E-state index < -0.39 is 0 Å². The molecule has 4 rings (SSSR count). The predicted octanol–water partition coefficient (Wildman–Crippen LogP) is 4.34. The van der Waals surface area contributed by atoms with Gasteiger partial charge in [-0.2, -0.15) is 0 Å². The topological polar surface area (TPSA) is 45.7 Å². The van der Waals surface area contributed by atoms with Gasteiger partial charge in [0.1, 0.15) is 17.4 Å². The summed E-state index contributed by atoms with van der Waals surface area (Å²) in [4.78, 5) is 21.9. The number of ether oxygens (including phenoxy) is 1. The number of carbonyl (C=O) groups excluding carboxylic acids is 1. The second-order valence-corrected chi connectivity index (χ2v) is 10.1. The monoisotopic (exact) mass is 413 g/mol. The minimum absolute atomic E-state index is 0.483. The van der Waals surface area contributed by atoms with E-state index in [0.717, 1.165) is 69.5 Å². The van der Waals surface area contributed by atoms with Crippen LogP contribution in [0, 0.1) is 17.8 Å². The fraction of sp³-hybridized carbons (Fsp3) is 0.760. The lowest BCUT2D eigenvalue weighted by atomic mass is 9.78. The lowest BCUT2D eigenvalue weighted by Gasteiger charge is -2.37. The summed E-state index contributed by atoms with van der Waals surface area (Å²) < 4.78 is 5.71. The number of pyridine rings is 1. The first-order chi connectivity index (χ1) is 14.6. The molecule has 0 aromatic carbocycles. The summed E-state index contributed by atoms with van der Waals surface area (Å²) in [7, 11) is 0. The molecule has 5 nitrogen and oxygen atoms in total. The number of Topliss-reactive ketones (excluding diaryl/α,β-unsaturated/α-hetero) is 1. The van der Waals surface area contributed by atoms with Crippen LogP contribution in [0.3, 0.4) is 0 Å². The maximum atomic E-state index is 12.1. The molecular weight excluding hydrogens is 374 g/mol. The minimum atomic E-state index is 0.483. The number of rotatable bonds is 8. The number of fused-ring (bicyclic) bond motifs is 1. The molecule has 30 heavy (non-hydrogen) atoms. The smallest absolute Gasteiger partial charge is 0.135 e. The van der Waals surface area contributed by atoms with Gasteiger partial charge >= 0.3 is 0 Å². The third kappa shape index (κ3) is 5.54. The van der Waals surface area contributed by atoms with Gasteiger partial charge in [-0.3, -0.25) is 9.69 Å². The van der Waals surface area contributed by atoms with Gasteiger partial charge in [0.15, 0.2) is 0 Å². The van der Waals surface area contributed by atoms with Gasteiger partial charge in [-0.15, -0.1) is 0 Å². The first-order valence-electron chi connectivity index (χ1n) is 12.2. The molecule has 1 saturated heterocycles. The Labute approximate surface area is 182 Å². The van der Waals surface area contributed by atoms with E-state index in [4.69, 9.17) is 4.74 Å².